The molecule has 0 saturated carbocycles. The van der Waals surface area contributed by atoms with E-state index in [0.717, 1.165) is 25.0 Å². The van der Waals surface area contributed by atoms with Crippen LogP contribution in [0.25, 0.3) is 0 Å². The molecule has 3 heteroatoms. The largest absolute Gasteiger partial charge is 0.497 e. The van der Waals surface area contributed by atoms with Crippen LogP contribution in [0, 0.1) is 0 Å². The molecule has 0 bridgehead atoms. The van der Waals surface area contributed by atoms with E-state index in [1.165, 1.54) is 11.1 Å². The summed E-state index contributed by atoms with van der Waals surface area (Å²) in [4.78, 5) is 0. The molecule has 0 saturated heterocycles. The van der Waals surface area contributed by atoms with E-state index in [0.29, 0.717) is 6.04 Å². The van der Waals surface area contributed by atoms with Crippen LogP contribution in [0.1, 0.15) is 24.5 Å². The van der Waals surface area contributed by atoms with Crippen LogP contribution in [0.5, 0.6) is 5.75 Å². The van der Waals surface area contributed by atoms with Gasteiger partial charge < -0.3 is 15.2 Å². The summed E-state index contributed by atoms with van der Waals surface area (Å²) < 4.78 is 5.26. The van der Waals surface area contributed by atoms with Gasteiger partial charge in [-0.2, -0.15) is 0 Å². The standard InChI is InChI=1S/C14H21NO2/c1-10(9-16)15-13-5-3-11-4-6-14(17-2)8-12(11)7-13/h4,6,8,10,13,15-16H,3,5,7,9H2,1-2H3. The molecule has 0 fully saturated rings. The summed E-state index contributed by atoms with van der Waals surface area (Å²) >= 11 is 0. The quantitative estimate of drug-likeness (QED) is 0.831. The molecule has 17 heavy (non-hydrogen) atoms. The van der Waals surface area contributed by atoms with Crippen molar-refractivity contribution in [1.29, 1.82) is 0 Å². The fourth-order valence-corrected chi connectivity index (χ4v) is 2.46. The molecule has 2 atom stereocenters. The van der Waals surface area contributed by atoms with E-state index >= 15 is 0 Å². The van der Waals surface area contributed by atoms with Gasteiger partial charge in [-0.25, -0.2) is 0 Å². The number of benzene rings is 1. The molecule has 0 heterocycles. The van der Waals surface area contributed by atoms with Crippen LogP contribution in [0.4, 0.5) is 0 Å². The van der Waals surface area contributed by atoms with Crippen molar-refractivity contribution in [3.8, 4) is 5.75 Å². The fourth-order valence-electron chi connectivity index (χ4n) is 2.46. The Hall–Kier alpha value is -1.06. The number of hydrogen-bond acceptors (Lipinski definition) is 3. The third-order valence-corrected chi connectivity index (χ3v) is 3.44. The maximum Gasteiger partial charge on any atom is 0.119 e. The molecule has 94 valence electrons. The molecule has 2 rings (SSSR count). The van der Waals surface area contributed by atoms with Gasteiger partial charge in [-0.1, -0.05) is 6.07 Å². The zero-order valence-electron chi connectivity index (χ0n) is 10.6. The average molecular weight is 235 g/mol. The molecule has 1 aromatic rings. The lowest BCUT2D eigenvalue weighted by molar-refractivity contribution is 0.236. The van der Waals surface area contributed by atoms with Gasteiger partial charge in [0.25, 0.3) is 0 Å². The van der Waals surface area contributed by atoms with Crippen LogP contribution < -0.4 is 10.1 Å². The Labute approximate surface area is 103 Å². The number of aliphatic hydroxyl groups excluding tert-OH is 1. The Bertz CT molecular complexity index is 378. The molecular weight excluding hydrogens is 214 g/mol. The predicted octanol–water partition coefficient (Wildman–Crippen LogP) is 1.52. The maximum atomic E-state index is 9.06. The summed E-state index contributed by atoms with van der Waals surface area (Å²) in [5, 5.41) is 12.5. The zero-order chi connectivity index (χ0) is 12.3. The summed E-state index contributed by atoms with van der Waals surface area (Å²) in [6.45, 7) is 2.21. The molecule has 0 amide bonds. The van der Waals surface area contributed by atoms with E-state index in [4.69, 9.17) is 9.84 Å². The third-order valence-electron chi connectivity index (χ3n) is 3.44. The lowest BCUT2D eigenvalue weighted by Crippen LogP contribution is -2.41. The van der Waals surface area contributed by atoms with Crippen molar-refractivity contribution < 1.29 is 9.84 Å². The first kappa shape index (κ1) is 12.4. The highest BCUT2D eigenvalue weighted by Gasteiger charge is 2.19. The van der Waals surface area contributed by atoms with Crippen LogP contribution in [-0.4, -0.2) is 30.9 Å². The van der Waals surface area contributed by atoms with Gasteiger partial charge in [0, 0.05) is 12.1 Å². The Balaban J connectivity index is 2.06. The molecular formula is C14H21NO2. The summed E-state index contributed by atoms with van der Waals surface area (Å²) in [6, 6.07) is 6.97. The van der Waals surface area contributed by atoms with E-state index in [1.807, 2.05) is 13.0 Å². The topological polar surface area (TPSA) is 41.5 Å². The van der Waals surface area contributed by atoms with Gasteiger partial charge in [0.05, 0.1) is 13.7 Å². The number of aryl methyl sites for hydroxylation is 1. The van der Waals surface area contributed by atoms with Gasteiger partial charge in [-0.15, -0.1) is 0 Å². The average Bonchev–Trinajstić information content (AvgIpc) is 2.37. The van der Waals surface area contributed by atoms with Crippen molar-refractivity contribution in [2.45, 2.75) is 38.3 Å². The number of methoxy groups -OCH3 is 1. The Morgan fingerprint density at radius 1 is 1.47 bits per heavy atom. The van der Waals surface area contributed by atoms with E-state index in [2.05, 4.69) is 17.4 Å². The number of hydrogen-bond donors (Lipinski definition) is 2. The minimum Gasteiger partial charge on any atom is -0.497 e. The molecule has 0 aliphatic heterocycles. The van der Waals surface area contributed by atoms with Crippen molar-refractivity contribution in [2.75, 3.05) is 13.7 Å². The molecule has 1 aromatic carbocycles. The molecule has 1 aliphatic rings. The second kappa shape index (κ2) is 5.52. The van der Waals surface area contributed by atoms with Crippen molar-refractivity contribution >= 4 is 0 Å². The summed E-state index contributed by atoms with van der Waals surface area (Å²) in [5.74, 6) is 0.930. The second-order valence-corrected chi connectivity index (χ2v) is 4.82. The summed E-state index contributed by atoms with van der Waals surface area (Å²) in [6.07, 6.45) is 3.27. The minimum absolute atomic E-state index is 0.173. The molecule has 2 N–H and O–H groups in total. The smallest absolute Gasteiger partial charge is 0.119 e. The lowest BCUT2D eigenvalue weighted by Gasteiger charge is -2.28. The highest BCUT2D eigenvalue weighted by Crippen LogP contribution is 2.25. The fraction of sp³-hybridized carbons (Fsp3) is 0.571. The third kappa shape index (κ3) is 2.99. The van der Waals surface area contributed by atoms with Crippen LogP contribution in [0.3, 0.4) is 0 Å². The van der Waals surface area contributed by atoms with Crippen LogP contribution >= 0.6 is 0 Å². The zero-order valence-corrected chi connectivity index (χ0v) is 10.6. The molecule has 0 radical (unpaired) electrons. The van der Waals surface area contributed by atoms with Gasteiger partial charge in [0.15, 0.2) is 0 Å². The maximum absolute atomic E-state index is 9.06. The van der Waals surface area contributed by atoms with Crippen molar-refractivity contribution in [2.24, 2.45) is 0 Å². The van der Waals surface area contributed by atoms with Gasteiger partial charge in [-0.05, 0) is 49.4 Å². The second-order valence-electron chi connectivity index (χ2n) is 4.82. The molecule has 2 unspecified atom stereocenters. The summed E-state index contributed by atoms with van der Waals surface area (Å²) in [5.41, 5.74) is 2.80. The van der Waals surface area contributed by atoms with Crippen molar-refractivity contribution in [1.82, 2.24) is 5.32 Å². The first-order valence-electron chi connectivity index (χ1n) is 6.25. The van der Waals surface area contributed by atoms with Crippen molar-refractivity contribution in [3.63, 3.8) is 0 Å². The Morgan fingerprint density at radius 2 is 2.29 bits per heavy atom. The van der Waals surface area contributed by atoms with E-state index < -0.39 is 0 Å². The van der Waals surface area contributed by atoms with Gasteiger partial charge in [0.2, 0.25) is 0 Å². The molecule has 0 aromatic heterocycles. The molecule has 0 spiro atoms. The number of ether oxygens (including phenoxy) is 1. The lowest BCUT2D eigenvalue weighted by atomic mass is 9.88. The highest BCUT2D eigenvalue weighted by atomic mass is 16.5. The van der Waals surface area contributed by atoms with E-state index in [1.54, 1.807) is 7.11 Å². The molecule has 3 nitrogen and oxygen atoms in total. The van der Waals surface area contributed by atoms with Crippen molar-refractivity contribution in [3.05, 3.63) is 29.3 Å². The number of fused-ring (bicyclic) bond motifs is 1. The normalized spacial score (nSPS) is 20.8. The van der Waals surface area contributed by atoms with Gasteiger partial charge in [-0.3, -0.25) is 0 Å². The van der Waals surface area contributed by atoms with Gasteiger partial charge in [0.1, 0.15) is 5.75 Å². The first-order chi connectivity index (χ1) is 8.22. The van der Waals surface area contributed by atoms with Crippen LogP contribution in [-0.2, 0) is 12.8 Å². The molecule has 1 aliphatic carbocycles. The SMILES string of the molecule is COc1ccc2c(c1)CC(NC(C)CO)CC2. The first-order valence-corrected chi connectivity index (χ1v) is 6.25. The van der Waals surface area contributed by atoms with E-state index in [9.17, 15) is 0 Å². The predicted molar refractivity (Wildman–Crippen MR) is 68.5 cm³/mol. The minimum atomic E-state index is 0.173. The number of rotatable bonds is 4. The highest BCUT2D eigenvalue weighted by molar-refractivity contribution is 5.37. The van der Waals surface area contributed by atoms with Crippen LogP contribution in [0.15, 0.2) is 18.2 Å². The number of aliphatic hydroxyl groups is 1. The summed E-state index contributed by atoms with van der Waals surface area (Å²) in [7, 11) is 1.70. The van der Waals surface area contributed by atoms with Crippen LogP contribution in [0.2, 0.25) is 0 Å². The monoisotopic (exact) mass is 235 g/mol. The Kier molecular flexibility index (Phi) is 4.02. The number of nitrogens with one attached hydrogen (secondary N) is 1. The Morgan fingerprint density at radius 3 is 3.00 bits per heavy atom. The van der Waals surface area contributed by atoms with E-state index in [-0.39, 0.29) is 12.6 Å². The van der Waals surface area contributed by atoms with Gasteiger partial charge >= 0.3 is 0 Å².